The van der Waals surface area contributed by atoms with E-state index in [1.807, 2.05) is 53.6 Å². The fourth-order valence-electron chi connectivity index (χ4n) is 4.67. The van der Waals surface area contributed by atoms with Gasteiger partial charge < -0.3 is 19.7 Å². The van der Waals surface area contributed by atoms with Gasteiger partial charge in [-0.25, -0.2) is 0 Å². The molecule has 0 saturated carbocycles. The van der Waals surface area contributed by atoms with E-state index in [1.54, 1.807) is 6.08 Å². The molecule has 2 heterocycles. The lowest BCUT2D eigenvalue weighted by atomic mass is 10.1. The van der Waals surface area contributed by atoms with Gasteiger partial charge in [0.2, 0.25) is 5.91 Å². The fraction of sp³-hybridized carbons (Fsp3) is 0.357. The Kier molecular flexibility index (Phi) is 7.80. The van der Waals surface area contributed by atoms with Crippen LogP contribution >= 0.6 is 0 Å². The molecule has 0 radical (unpaired) electrons. The number of aromatic nitrogens is 1. The summed E-state index contributed by atoms with van der Waals surface area (Å²) in [6, 6.07) is 18.2. The number of aliphatic hydroxyl groups is 1. The molecule has 34 heavy (non-hydrogen) atoms. The zero-order valence-corrected chi connectivity index (χ0v) is 19.3. The minimum atomic E-state index is -0.759. The molecule has 3 aromatic rings. The third-order valence-electron chi connectivity index (χ3n) is 6.52. The van der Waals surface area contributed by atoms with Crippen molar-refractivity contribution in [2.24, 2.45) is 0 Å². The highest BCUT2D eigenvalue weighted by atomic mass is 16.4. The molecule has 2 aromatic carbocycles. The maximum atomic E-state index is 12.3. The Morgan fingerprint density at radius 1 is 1.06 bits per heavy atom. The molecule has 1 fully saturated rings. The van der Waals surface area contributed by atoms with Crippen molar-refractivity contribution in [3.8, 4) is 5.69 Å². The van der Waals surface area contributed by atoms with Crippen molar-refractivity contribution in [2.45, 2.75) is 57.1 Å². The number of nitrogens with zero attached hydrogens (tertiary/aromatic N) is 2. The summed E-state index contributed by atoms with van der Waals surface area (Å²) in [6.45, 7) is 0.674. The molecule has 178 valence electrons. The Morgan fingerprint density at radius 3 is 2.74 bits per heavy atom. The predicted octanol–water partition coefficient (Wildman–Crippen LogP) is 5.25. The first kappa shape index (κ1) is 23.8. The maximum Gasteiger partial charge on any atom is 0.303 e. The molecule has 1 unspecified atom stereocenters. The number of benzene rings is 2. The van der Waals surface area contributed by atoms with Crippen LogP contribution in [-0.2, 0) is 9.59 Å². The maximum absolute atomic E-state index is 12.3. The quantitative estimate of drug-likeness (QED) is 0.303. The minimum Gasteiger partial charge on any atom is -0.481 e. The summed E-state index contributed by atoms with van der Waals surface area (Å²) in [5.41, 5.74) is 2.92. The normalized spacial score (nSPS) is 17.1. The first-order chi connectivity index (χ1) is 16.5. The van der Waals surface area contributed by atoms with Gasteiger partial charge in [-0.1, -0.05) is 55.3 Å². The van der Waals surface area contributed by atoms with E-state index in [9.17, 15) is 14.7 Å². The lowest BCUT2D eigenvalue weighted by molar-refractivity contribution is -0.137. The van der Waals surface area contributed by atoms with E-state index in [4.69, 9.17) is 5.11 Å². The van der Waals surface area contributed by atoms with Crippen LogP contribution in [0.1, 0.15) is 56.6 Å². The van der Waals surface area contributed by atoms with Crippen LogP contribution in [0.15, 0.2) is 72.9 Å². The Labute approximate surface area is 200 Å². The SMILES string of the molecule is O=C(O)CCCCCCN1C(=O)CC[C@@H]1C=CC(O)c1cccc(-n2ccc3ccccc32)c1. The Morgan fingerprint density at radius 2 is 1.88 bits per heavy atom. The number of fused-ring (bicyclic) bond motifs is 1. The number of para-hydroxylation sites is 1. The molecule has 1 amide bonds. The van der Waals surface area contributed by atoms with Gasteiger partial charge in [0.1, 0.15) is 0 Å². The highest BCUT2D eigenvalue weighted by Crippen LogP contribution is 2.25. The van der Waals surface area contributed by atoms with Gasteiger partial charge in [-0.05, 0) is 54.5 Å². The molecular formula is C28H32N2O4. The molecule has 1 aliphatic rings. The predicted molar refractivity (Wildman–Crippen MR) is 133 cm³/mol. The molecule has 1 aromatic heterocycles. The van der Waals surface area contributed by atoms with Gasteiger partial charge in [-0.2, -0.15) is 0 Å². The number of hydrogen-bond donors (Lipinski definition) is 2. The van der Waals surface area contributed by atoms with E-state index in [2.05, 4.69) is 22.8 Å². The monoisotopic (exact) mass is 460 g/mol. The van der Waals surface area contributed by atoms with Gasteiger partial charge in [0.15, 0.2) is 0 Å². The topological polar surface area (TPSA) is 82.8 Å². The summed E-state index contributed by atoms with van der Waals surface area (Å²) in [5, 5.41) is 20.7. The largest absolute Gasteiger partial charge is 0.481 e. The van der Waals surface area contributed by atoms with Gasteiger partial charge in [0.05, 0.1) is 17.7 Å². The van der Waals surface area contributed by atoms with Crippen molar-refractivity contribution < 1.29 is 19.8 Å². The summed E-state index contributed by atoms with van der Waals surface area (Å²) in [4.78, 5) is 24.8. The van der Waals surface area contributed by atoms with Crippen LogP contribution in [0.25, 0.3) is 16.6 Å². The Hall–Kier alpha value is -3.38. The second-order valence-electron chi connectivity index (χ2n) is 8.92. The second-order valence-corrected chi connectivity index (χ2v) is 8.92. The zero-order valence-electron chi connectivity index (χ0n) is 19.3. The number of carbonyl (C=O) groups excluding carboxylic acids is 1. The van der Waals surface area contributed by atoms with Crippen LogP contribution in [0.3, 0.4) is 0 Å². The lowest BCUT2D eigenvalue weighted by Crippen LogP contribution is -2.32. The third-order valence-corrected chi connectivity index (χ3v) is 6.52. The van der Waals surface area contributed by atoms with Gasteiger partial charge >= 0.3 is 5.97 Å². The Bertz CT molecular complexity index is 1170. The molecule has 2 N–H and O–H groups in total. The summed E-state index contributed by atoms with van der Waals surface area (Å²) >= 11 is 0. The van der Waals surface area contributed by atoms with Crippen LogP contribution in [0, 0.1) is 0 Å². The smallest absolute Gasteiger partial charge is 0.303 e. The number of carboxylic acids is 1. The molecule has 6 nitrogen and oxygen atoms in total. The summed E-state index contributed by atoms with van der Waals surface area (Å²) in [6.07, 6.45) is 9.84. The number of aliphatic hydroxyl groups excluding tert-OH is 1. The fourth-order valence-corrected chi connectivity index (χ4v) is 4.67. The molecule has 0 aliphatic carbocycles. The molecular weight excluding hydrogens is 428 g/mol. The molecule has 1 saturated heterocycles. The minimum absolute atomic E-state index is 0.00209. The average molecular weight is 461 g/mol. The summed E-state index contributed by atoms with van der Waals surface area (Å²) in [7, 11) is 0. The third kappa shape index (κ3) is 5.75. The molecule has 4 rings (SSSR count). The molecule has 1 aliphatic heterocycles. The Balaban J connectivity index is 1.37. The van der Waals surface area contributed by atoms with Crippen molar-refractivity contribution in [1.82, 2.24) is 9.47 Å². The average Bonchev–Trinajstić information content (AvgIpc) is 3.43. The number of likely N-dealkylation sites (tertiary alicyclic amines) is 1. The van der Waals surface area contributed by atoms with E-state index in [0.717, 1.165) is 42.5 Å². The first-order valence-corrected chi connectivity index (χ1v) is 12.1. The van der Waals surface area contributed by atoms with Crippen LogP contribution in [0.4, 0.5) is 0 Å². The molecule has 6 heteroatoms. The van der Waals surface area contributed by atoms with Gasteiger partial charge in [-0.15, -0.1) is 0 Å². The number of carbonyl (C=O) groups is 2. The summed E-state index contributed by atoms with van der Waals surface area (Å²) in [5.74, 6) is -0.609. The van der Waals surface area contributed by atoms with Crippen molar-refractivity contribution in [3.63, 3.8) is 0 Å². The molecule has 0 spiro atoms. The van der Waals surface area contributed by atoms with Gasteiger partial charge in [0, 0.05) is 31.3 Å². The second kappa shape index (κ2) is 11.2. The van der Waals surface area contributed by atoms with E-state index in [-0.39, 0.29) is 18.4 Å². The number of carboxylic acid groups (broad SMARTS) is 1. The number of unbranched alkanes of at least 4 members (excludes halogenated alkanes) is 3. The standard InChI is InChI=1S/C28H32N2O4/c31-26(15-13-23-14-16-27(32)30(23)18-6-2-1-3-12-28(33)34)22-9-7-10-24(20-22)29-19-17-21-8-4-5-11-25(21)29/h4-5,7-11,13,15,17,19-20,23,26,31H,1-3,6,12,14,16,18H2,(H,33,34)/t23-,26?/m0/s1. The first-order valence-electron chi connectivity index (χ1n) is 12.1. The van der Waals surface area contributed by atoms with Crippen LogP contribution < -0.4 is 0 Å². The van der Waals surface area contributed by atoms with Crippen molar-refractivity contribution in [1.29, 1.82) is 0 Å². The van der Waals surface area contributed by atoms with Crippen molar-refractivity contribution in [3.05, 3.63) is 78.5 Å². The number of amides is 1. The van der Waals surface area contributed by atoms with E-state index < -0.39 is 12.1 Å². The molecule has 2 atom stereocenters. The molecule has 0 bridgehead atoms. The number of hydrogen-bond acceptors (Lipinski definition) is 3. The highest BCUT2D eigenvalue weighted by molar-refractivity contribution is 5.82. The number of aliphatic carboxylic acids is 1. The van der Waals surface area contributed by atoms with E-state index in [0.29, 0.717) is 19.4 Å². The number of rotatable bonds is 11. The van der Waals surface area contributed by atoms with Gasteiger partial charge in [0.25, 0.3) is 0 Å². The summed E-state index contributed by atoms with van der Waals surface area (Å²) < 4.78 is 2.11. The van der Waals surface area contributed by atoms with Crippen LogP contribution in [-0.4, -0.2) is 44.1 Å². The van der Waals surface area contributed by atoms with Crippen LogP contribution in [0.5, 0.6) is 0 Å². The lowest BCUT2D eigenvalue weighted by Gasteiger charge is -2.22. The van der Waals surface area contributed by atoms with E-state index >= 15 is 0 Å². The highest BCUT2D eigenvalue weighted by Gasteiger charge is 2.28. The van der Waals surface area contributed by atoms with Crippen molar-refractivity contribution in [2.75, 3.05) is 6.54 Å². The van der Waals surface area contributed by atoms with Crippen molar-refractivity contribution >= 4 is 22.8 Å². The van der Waals surface area contributed by atoms with E-state index in [1.165, 1.54) is 5.39 Å². The zero-order chi connectivity index (χ0) is 23.9. The van der Waals surface area contributed by atoms with Crippen LogP contribution in [0.2, 0.25) is 0 Å². The van der Waals surface area contributed by atoms with Gasteiger partial charge in [-0.3, -0.25) is 9.59 Å².